The van der Waals surface area contributed by atoms with Gasteiger partial charge in [0, 0.05) is 31.9 Å². The Balaban J connectivity index is 2.17. The van der Waals surface area contributed by atoms with Crippen molar-refractivity contribution >= 4 is 27.7 Å². The number of rotatable bonds is 3. The number of nitrogens with one attached hydrogen (secondary N) is 1. The molecule has 1 aromatic rings. The standard InChI is InChI=1S/C11H19BrN6/c1-3-17-4-5-18(7-8(17)2)10-9(12)6-14-11(15-10)16-13/h6,8H,3-5,7,13H2,1-2H3,(H,14,15,16). The van der Waals surface area contributed by atoms with Crippen molar-refractivity contribution < 1.29 is 0 Å². The number of nitrogens with two attached hydrogens (primary N) is 1. The minimum atomic E-state index is 0.443. The Morgan fingerprint density at radius 3 is 2.94 bits per heavy atom. The maximum absolute atomic E-state index is 5.35. The SMILES string of the molecule is CCN1CCN(c2nc(NN)ncc2Br)CC1C. The van der Waals surface area contributed by atoms with Crippen molar-refractivity contribution in [2.45, 2.75) is 19.9 Å². The third kappa shape index (κ3) is 2.73. The first-order valence-electron chi connectivity index (χ1n) is 6.13. The maximum Gasteiger partial charge on any atom is 0.239 e. The normalized spacial score (nSPS) is 21.1. The third-order valence-corrected chi connectivity index (χ3v) is 3.88. The van der Waals surface area contributed by atoms with E-state index < -0.39 is 0 Å². The number of aromatic nitrogens is 2. The molecule has 1 atom stereocenters. The van der Waals surface area contributed by atoms with Gasteiger partial charge in [0.1, 0.15) is 5.82 Å². The predicted octanol–water partition coefficient (Wildman–Crippen LogP) is 1.06. The van der Waals surface area contributed by atoms with Crippen LogP contribution in [0, 0.1) is 0 Å². The summed E-state index contributed by atoms with van der Waals surface area (Å²) in [4.78, 5) is 13.2. The highest BCUT2D eigenvalue weighted by molar-refractivity contribution is 9.10. The van der Waals surface area contributed by atoms with Gasteiger partial charge in [-0.25, -0.2) is 10.8 Å². The number of hydrogen-bond acceptors (Lipinski definition) is 6. The first-order valence-corrected chi connectivity index (χ1v) is 6.93. The first-order chi connectivity index (χ1) is 8.65. The molecule has 100 valence electrons. The largest absolute Gasteiger partial charge is 0.353 e. The quantitative estimate of drug-likeness (QED) is 0.642. The third-order valence-electron chi connectivity index (χ3n) is 3.33. The van der Waals surface area contributed by atoms with Gasteiger partial charge < -0.3 is 4.90 Å². The molecule has 1 fully saturated rings. The predicted molar refractivity (Wildman–Crippen MR) is 76.5 cm³/mol. The lowest BCUT2D eigenvalue weighted by molar-refractivity contribution is 0.199. The van der Waals surface area contributed by atoms with Gasteiger partial charge in [-0.15, -0.1) is 0 Å². The number of nitrogen functional groups attached to an aromatic ring is 1. The Kier molecular flexibility index (Phi) is 4.36. The monoisotopic (exact) mass is 314 g/mol. The highest BCUT2D eigenvalue weighted by Crippen LogP contribution is 2.26. The number of anilines is 2. The summed E-state index contributed by atoms with van der Waals surface area (Å²) in [6.45, 7) is 8.52. The minimum absolute atomic E-state index is 0.443. The molecule has 1 saturated heterocycles. The van der Waals surface area contributed by atoms with E-state index in [1.807, 2.05) is 0 Å². The van der Waals surface area contributed by atoms with E-state index in [1.165, 1.54) is 0 Å². The van der Waals surface area contributed by atoms with Crippen molar-refractivity contribution in [1.29, 1.82) is 0 Å². The molecule has 1 unspecified atom stereocenters. The molecule has 2 rings (SSSR count). The molecule has 6 nitrogen and oxygen atoms in total. The molecule has 1 aromatic heterocycles. The Hall–Kier alpha value is -0.920. The van der Waals surface area contributed by atoms with Crippen molar-refractivity contribution in [3.63, 3.8) is 0 Å². The van der Waals surface area contributed by atoms with E-state index in [9.17, 15) is 0 Å². The van der Waals surface area contributed by atoms with Gasteiger partial charge >= 0.3 is 0 Å². The number of hydrazine groups is 1. The number of halogens is 1. The van der Waals surface area contributed by atoms with E-state index in [2.05, 4.69) is 55.0 Å². The lowest BCUT2D eigenvalue weighted by Gasteiger charge is -2.40. The number of piperazine rings is 1. The van der Waals surface area contributed by atoms with Gasteiger partial charge in [0.2, 0.25) is 5.95 Å². The molecular formula is C11H19BrN6. The Labute approximate surface area is 116 Å². The Bertz CT molecular complexity index is 413. The molecule has 0 amide bonds. The highest BCUT2D eigenvalue weighted by Gasteiger charge is 2.24. The molecule has 0 spiro atoms. The summed E-state index contributed by atoms with van der Waals surface area (Å²) in [6, 6.07) is 0.528. The van der Waals surface area contributed by atoms with Crippen LogP contribution in [-0.2, 0) is 0 Å². The molecule has 3 N–H and O–H groups in total. The fourth-order valence-electron chi connectivity index (χ4n) is 2.31. The Morgan fingerprint density at radius 1 is 1.56 bits per heavy atom. The number of likely N-dealkylation sites (N-methyl/N-ethyl adjacent to an activating group) is 1. The topological polar surface area (TPSA) is 70.3 Å². The van der Waals surface area contributed by atoms with Gasteiger partial charge in [-0.3, -0.25) is 10.3 Å². The fourth-order valence-corrected chi connectivity index (χ4v) is 2.75. The number of nitrogens with zero attached hydrogens (tertiary/aromatic N) is 4. The van der Waals surface area contributed by atoms with Crippen LogP contribution in [0.4, 0.5) is 11.8 Å². The van der Waals surface area contributed by atoms with Gasteiger partial charge in [-0.1, -0.05) is 6.92 Å². The summed E-state index contributed by atoms with van der Waals surface area (Å²) in [5, 5.41) is 0. The van der Waals surface area contributed by atoms with Crippen molar-refractivity contribution in [2.75, 3.05) is 36.5 Å². The fraction of sp³-hybridized carbons (Fsp3) is 0.636. The van der Waals surface area contributed by atoms with Crippen LogP contribution in [0.15, 0.2) is 10.7 Å². The van der Waals surface area contributed by atoms with Gasteiger partial charge in [0.05, 0.1) is 4.47 Å². The molecule has 0 bridgehead atoms. The van der Waals surface area contributed by atoms with Crippen LogP contribution >= 0.6 is 15.9 Å². The van der Waals surface area contributed by atoms with E-state index in [-0.39, 0.29) is 0 Å². The first kappa shape index (κ1) is 13.5. The Morgan fingerprint density at radius 2 is 2.33 bits per heavy atom. The second-order valence-electron chi connectivity index (χ2n) is 4.43. The van der Waals surface area contributed by atoms with Gasteiger partial charge in [-0.2, -0.15) is 4.98 Å². The molecule has 0 aromatic carbocycles. The number of hydrogen-bond donors (Lipinski definition) is 2. The molecule has 1 aliphatic heterocycles. The van der Waals surface area contributed by atoms with Crippen LogP contribution in [0.3, 0.4) is 0 Å². The molecule has 0 aliphatic carbocycles. The summed E-state index contributed by atoms with van der Waals surface area (Å²) in [5.74, 6) is 6.70. The molecule has 1 aliphatic rings. The van der Waals surface area contributed by atoms with Crippen LogP contribution in [0.25, 0.3) is 0 Å². The zero-order valence-electron chi connectivity index (χ0n) is 10.7. The summed E-state index contributed by atoms with van der Waals surface area (Å²) < 4.78 is 0.902. The average molecular weight is 315 g/mol. The summed E-state index contributed by atoms with van der Waals surface area (Å²) in [7, 11) is 0. The van der Waals surface area contributed by atoms with Crippen LogP contribution in [0.2, 0.25) is 0 Å². The highest BCUT2D eigenvalue weighted by atomic mass is 79.9. The lowest BCUT2D eigenvalue weighted by atomic mass is 10.2. The van der Waals surface area contributed by atoms with E-state index in [0.717, 1.165) is 36.5 Å². The van der Waals surface area contributed by atoms with Crippen LogP contribution in [-0.4, -0.2) is 47.1 Å². The lowest BCUT2D eigenvalue weighted by Crippen LogP contribution is -2.52. The summed E-state index contributed by atoms with van der Waals surface area (Å²) >= 11 is 3.50. The summed E-state index contributed by atoms with van der Waals surface area (Å²) in [5.41, 5.74) is 2.48. The zero-order chi connectivity index (χ0) is 13.1. The van der Waals surface area contributed by atoms with Gasteiger partial charge in [0.25, 0.3) is 0 Å². The van der Waals surface area contributed by atoms with Crippen molar-refractivity contribution in [3.8, 4) is 0 Å². The van der Waals surface area contributed by atoms with Gasteiger partial charge in [0.15, 0.2) is 0 Å². The van der Waals surface area contributed by atoms with E-state index in [4.69, 9.17) is 5.84 Å². The van der Waals surface area contributed by atoms with Crippen molar-refractivity contribution in [2.24, 2.45) is 5.84 Å². The molecule has 2 heterocycles. The van der Waals surface area contributed by atoms with Crippen LogP contribution in [0.5, 0.6) is 0 Å². The van der Waals surface area contributed by atoms with E-state index in [1.54, 1.807) is 6.20 Å². The average Bonchev–Trinajstić information content (AvgIpc) is 2.39. The summed E-state index contributed by atoms with van der Waals surface area (Å²) in [6.07, 6.45) is 1.73. The van der Waals surface area contributed by atoms with Crippen molar-refractivity contribution in [3.05, 3.63) is 10.7 Å². The molecular weight excluding hydrogens is 296 g/mol. The second kappa shape index (κ2) is 5.81. The van der Waals surface area contributed by atoms with Crippen LogP contribution < -0.4 is 16.2 Å². The van der Waals surface area contributed by atoms with E-state index in [0.29, 0.717) is 12.0 Å². The molecule has 7 heteroatoms. The zero-order valence-corrected chi connectivity index (χ0v) is 12.3. The van der Waals surface area contributed by atoms with Gasteiger partial charge in [-0.05, 0) is 29.4 Å². The van der Waals surface area contributed by atoms with Crippen molar-refractivity contribution in [1.82, 2.24) is 14.9 Å². The molecule has 18 heavy (non-hydrogen) atoms. The maximum atomic E-state index is 5.35. The minimum Gasteiger partial charge on any atom is -0.353 e. The molecule has 0 saturated carbocycles. The second-order valence-corrected chi connectivity index (χ2v) is 5.29. The van der Waals surface area contributed by atoms with E-state index >= 15 is 0 Å². The smallest absolute Gasteiger partial charge is 0.239 e. The molecule has 0 radical (unpaired) electrons. The van der Waals surface area contributed by atoms with Crippen LogP contribution in [0.1, 0.15) is 13.8 Å².